The lowest BCUT2D eigenvalue weighted by Crippen LogP contribution is -2.51. The number of benzene rings is 1. The SMILES string of the molecule is COc1ccc(C(=O)C2CCCN2C(=O)NC(C)(C)C)cc1C. The van der Waals surface area contributed by atoms with Crippen molar-refractivity contribution in [3.8, 4) is 5.75 Å². The fourth-order valence-electron chi connectivity index (χ4n) is 2.90. The molecule has 1 heterocycles. The average molecular weight is 318 g/mol. The minimum absolute atomic E-state index is 0.00249. The fraction of sp³-hybridized carbons (Fsp3) is 0.556. The van der Waals surface area contributed by atoms with Crippen molar-refractivity contribution >= 4 is 11.8 Å². The summed E-state index contributed by atoms with van der Waals surface area (Å²) < 4.78 is 5.23. The molecule has 0 spiro atoms. The Morgan fingerprint density at radius 1 is 1.30 bits per heavy atom. The van der Waals surface area contributed by atoms with Crippen molar-refractivity contribution in [1.29, 1.82) is 0 Å². The number of nitrogens with one attached hydrogen (secondary N) is 1. The molecule has 1 aliphatic heterocycles. The van der Waals surface area contributed by atoms with E-state index in [1.807, 2.05) is 33.8 Å². The van der Waals surface area contributed by atoms with Gasteiger partial charge in [0.25, 0.3) is 0 Å². The Bertz CT molecular complexity index is 605. The maximum Gasteiger partial charge on any atom is 0.318 e. The van der Waals surface area contributed by atoms with Crippen LogP contribution < -0.4 is 10.1 Å². The predicted octanol–water partition coefficient (Wildman–Crippen LogP) is 3.16. The maximum atomic E-state index is 12.8. The highest BCUT2D eigenvalue weighted by atomic mass is 16.5. The quantitative estimate of drug-likeness (QED) is 0.871. The van der Waals surface area contributed by atoms with Gasteiger partial charge in [-0.1, -0.05) is 0 Å². The van der Waals surface area contributed by atoms with Crippen molar-refractivity contribution in [3.05, 3.63) is 29.3 Å². The first kappa shape index (κ1) is 17.3. The molecular weight excluding hydrogens is 292 g/mol. The van der Waals surface area contributed by atoms with E-state index in [1.165, 1.54) is 0 Å². The summed E-state index contributed by atoms with van der Waals surface area (Å²) >= 11 is 0. The van der Waals surface area contributed by atoms with Crippen molar-refractivity contribution < 1.29 is 14.3 Å². The van der Waals surface area contributed by atoms with Gasteiger partial charge in [-0.15, -0.1) is 0 Å². The second-order valence-electron chi connectivity index (χ2n) is 7.08. The number of hydrogen-bond acceptors (Lipinski definition) is 3. The van der Waals surface area contributed by atoms with Crippen LogP contribution in [0.2, 0.25) is 0 Å². The molecule has 2 rings (SSSR count). The number of amides is 2. The lowest BCUT2D eigenvalue weighted by atomic mass is 10.00. The van der Waals surface area contributed by atoms with Crippen LogP contribution in [0.5, 0.6) is 5.75 Å². The van der Waals surface area contributed by atoms with E-state index in [4.69, 9.17) is 4.74 Å². The van der Waals surface area contributed by atoms with Gasteiger partial charge >= 0.3 is 6.03 Å². The highest BCUT2D eigenvalue weighted by Crippen LogP contribution is 2.25. The lowest BCUT2D eigenvalue weighted by Gasteiger charge is -2.29. The van der Waals surface area contributed by atoms with Crippen LogP contribution in [0.4, 0.5) is 4.79 Å². The molecule has 1 fully saturated rings. The van der Waals surface area contributed by atoms with Crippen LogP contribution in [0.3, 0.4) is 0 Å². The number of carbonyl (C=O) groups is 2. The van der Waals surface area contributed by atoms with E-state index in [0.717, 1.165) is 17.7 Å². The van der Waals surface area contributed by atoms with Crippen LogP contribution in [0.15, 0.2) is 18.2 Å². The van der Waals surface area contributed by atoms with Crippen LogP contribution in [0, 0.1) is 6.92 Å². The molecule has 0 saturated carbocycles. The standard InChI is InChI=1S/C18H26N2O3/c1-12-11-13(8-9-15(12)23-5)16(21)14-7-6-10-20(14)17(22)19-18(2,3)4/h8-9,11,14H,6-7,10H2,1-5H3,(H,19,22). The summed E-state index contributed by atoms with van der Waals surface area (Å²) in [5.74, 6) is 0.757. The number of hydrogen-bond donors (Lipinski definition) is 1. The second-order valence-corrected chi connectivity index (χ2v) is 7.08. The first-order valence-corrected chi connectivity index (χ1v) is 8.00. The molecule has 126 valence electrons. The molecule has 0 bridgehead atoms. The number of urea groups is 1. The Balaban J connectivity index is 2.17. The molecule has 1 N–H and O–H groups in total. The summed E-state index contributed by atoms with van der Waals surface area (Å²) in [7, 11) is 1.61. The number of Topliss-reactive ketones (excluding diaryl/α,β-unsaturated/α-hetero) is 1. The molecule has 2 amide bonds. The Morgan fingerprint density at radius 3 is 2.57 bits per heavy atom. The Kier molecular flexibility index (Phi) is 4.97. The van der Waals surface area contributed by atoms with Crippen molar-refractivity contribution in [1.82, 2.24) is 10.2 Å². The normalized spacial score (nSPS) is 18.0. The van der Waals surface area contributed by atoms with E-state index in [0.29, 0.717) is 18.5 Å². The summed E-state index contributed by atoms with van der Waals surface area (Å²) in [6, 6.07) is 4.85. The summed E-state index contributed by atoms with van der Waals surface area (Å²) in [6.45, 7) is 8.34. The molecule has 0 aliphatic carbocycles. The monoisotopic (exact) mass is 318 g/mol. The zero-order valence-corrected chi connectivity index (χ0v) is 14.6. The van der Waals surface area contributed by atoms with Crippen molar-refractivity contribution in [2.45, 2.75) is 52.1 Å². The van der Waals surface area contributed by atoms with E-state index in [-0.39, 0.29) is 23.4 Å². The van der Waals surface area contributed by atoms with Crippen LogP contribution in [0.25, 0.3) is 0 Å². The number of nitrogens with zero attached hydrogens (tertiary/aromatic N) is 1. The molecule has 1 unspecified atom stereocenters. The largest absolute Gasteiger partial charge is 0.496 e. The summed E-state index contributed by atoms with van der Waals surface area (Å²) in [6.07, 6.45) is 1.56. The lowest BCUT2D eigenvalue weighted by molar-refractivity contribution is 0.0883. The van der Waals surface area contributed by atoms with E-state index < -0.39 is 0 Å². The van der Waals surface area contributed by atoms with Gasteiger partial charge in [0.15, 0.2) is 5.78 Å². The van der Waals surface area contributed by atoms with E-state index in [1.54, 1.807) is 24.1 Å². The van der Waals surface area contributed by atoms with Crippen molar-refractivity contribution in [2.75, 3.05) is 13.7 Å². The molecule has 5 heteroatoms. The third-order valence-corrected chi connectivity index (χ3v) is 3.98. The summed E-state index contributed by atoms with van der Waals surface area (Å²) in [5, 5.41) is 2.94. The maximum absolute atomic E-state index is 12.8. The van der Waals surface area contributed by atoms with E-state index >= 15 is 0 Å². The molecule has 23 heavy (non-hydrogen) atoms. The van der Waals surface area contributed by atoms with Crippen molar-refractivity contribution in [2.24, 2.45) is 0 Å². The smallest absolute Gasteiger partial charge is 0.318 e. The number of likely N-dealkylation sites (tertiary alicyclic amines) is 1. The number of rotatable bonds is 3. The van der Waals surface area contributed by atoms with Gasteiger partial charge in [-0.05, 0) is 64.3 Å². The first-order valence-electron chi connectivity index (χ1n) is 8.00. The van der Waals surface area contributed by atoms with Crippen LogP contribution in [-0.2, 0) is 0 Å². The molecule has 0 radical (unpaired) electrons. The van der Waals surface area contributed by atoms with Crippen LogP contribution in [-0.4, -0.2) is 41.9 Å². The number of ketones is 1. The fourth-order valence-corrected chi connectivity index (χ4v) is 2.90. The van der Waals surface area contributed by atoms with Gasteiger partial charge in [-0.3, -0.25) is 4.79 Å². The zero-order chi connectivity index (χ0) is 17.2. The molecular formula is C18H26N2O3. The number of methoxy groups -OCH3 is 1. The molecule has 1 aromatic rings. The van der Waals surface area contributed by atoms with Gasteiger partial charge < -0.3 is 15.0 Å². The van der Waals surface area contributed by atoms with Gasteiger partial charge in [0.05, 0.1) is 13.2 Å². The highest BCUT2D eigenvalue weighted by Gasteiger charge is 2.35. The predicted molar refractivity (Wildman–Crippen MR) is 90.1 cm³/mol. The average Bonchev–Trinajstić information content (AvgIpc) is 2.94. The third-order valence-electron chi connectivity index (χ3n) is 3.98. The summed E-state index contributed by atoms with van der Waals surface area (Å²) in [5.41, 5.74) is 1.23. The molecule has 5 nitrogen and oxygen atoms in total. The molecule has 1 atom stereocenters. The van der Waals surface area contributed by atoms with Gasteiger partial charge in [-0.25, -0.2) is 4.79 Å². The van der Waals surface area contributed by atoms with Crippen molar-refractivity contribution in [3.63, 3.8) is 0 Å². The van der Waals surface area contributed by atoms with Gasteiger partial charge in [-0.2, -0.15) is 0 Å². The Morgan fingerprint density at radius 2 is 2.00 bits per heavy atom. The molecule has 1 aliphatic rings. The number of aryl methyl sites for hydroxylation is 1. The zero-order valence-electron chi connectivity index (χ0n) is 14.6. The van der Waals surface area contributed by atoms with Crippen LogP contribution in [0.1, 0.15) is 49.5 Å². The van der Waals surface area contributed by atoms with Gasteiger partial charge in [0.2, 0.25) is 0 Å². The Labute approximate surface area is 138 Å². The minimum atomic E-state index is -0.384. The number of ether oxygens (including phenoxy) is 1. The van der Waals surface area contributed by atoms with Gasteiger partial charge in [0, 0.05) is 17.6 Å². The van der Waals surface area contributed by atoms with E-state index in [2.05, 4.69) is 5.32 Å². The number of carbonyl (C=O) groups excluding carboxylic acids is 2. The second kappa shape index (κ2) is 6.60. The highest BCUT2D eigenvalue weighted by molar-refractivity contribution is 6.02. The molecule has 0 aromatic heterocycles. The first-order chi connectivity index (χ1) is 10.7. The van der Waals surface area contributed by atoms with Crippen LogP contribution >= 0.6 is 0 Å². The molecule has 1 aromatic carbocycles. The summed E-state index contributed by atoms with van der Waals surface area (Å²) in [4.78, 5) is 26.9. The Hall–Kier alpha value is -2.04. The van der Waals surface area contributed by atoms with E-state index in [9.17, 15) is 9.59 Å². The topological polar surface area (TPSA) is 58.6 Å². The third kappa shape index (κ3) is 4.03. The van der Waals surface area contributed by atoms with Gasteiger partial charge in [0.1, 0.15) is 5.75 Å². The minimum Gasteiger partial charge on any atom is -0.496 e. The molecule has 1 saturated heterocycles.